The van der Waals surface area contributed by atoms with Gasteiger partial charge in [-0.2, -0.15) is 0 Å². The van der Waals surface area contributed by atoms with E-state index < -0.39 is 5.54 Å². The first-order valence-electron chi connectivity index (χ1n) is 7.55. The van der Waals surface area contributed by atoms with Crippen LogP contribution < -0.4 is 10.2 Å². The van der Waals surface area contributed by atoms with E-state index in [-0.39, 0.29) is 18.0 Å². The second-order valence-corrected chi connectivity index (χ2v) is 6.39. The number of hydrogen-bond acceptors (Lipinski definition) is 5. The summed E-state index contributed by atoms with van der Waals surface area (Å²) in [6, 6.07) is -0.443. The van der Waals surface area contributed by atoms with Crippen LogP contribution in [0.4, 0.5) is 10.7 Å². The quantitative estimate of drug-likeness (QED) is 0.825. The van der Waals surface area contributed by atoms with Gasteiger partial charge in [0.15, 0.2) is 0 Å². The highest BCUT2D eigenvalue weighted by Crippen LogP contribution is 2.31. The lowest BCUT2D eigenvalue weighted by molar-refractivity contribution is -0.131. The molecule has 22 heavy (non-hydrogen) atoms. The molecular formula is C15H21N5O2. The Hall–Kier alpha value is -2.18. The molecule has 2 saturated heterocycles. The minimum absolute atomic E-state index is 0.140. The van der Waals surface area contributed by atoms with Crippen molar-refractivity contribution in [2.75, 3.05) is 18.0 Å². The Morgan fingerprint density at radius 2 is 2.05 bits per heavy atom. The lowest BCUT2D eigenvalue weighted by atomic mass is 9.99. The molecule has 2 aliphatic heterocycles. The Labute approximate surface area is 129 Å². The minimum Gasteiger partial charge on any atom is -0.338 e. The molecule has 0 aliphatic carbocycles. The monoisotopic (exact) mass is 303 g/mol. The van der Waals surface area contributed by atoms with Crippen LogP contribution in [-0.2, 0) is 4.79 Å². The van der Waals surface area contributed by atoms with Crippen molar-refractivity contribution in [1.29, 1.82) is 0 Å². The number of urea groups is 1. The van der Waals surface area contributed by atoms with Crippen LogP contribution in [0.3, 0.4) is 0 Å². The summed E-state index contributed by atoms with van der Waals surface area (Å²) in [6.45, 7) is 8.66. The fourth-order valence-electron chi connectivity index (χ4n) is 3.03. The molecule has 1 unspecified atom stereocenters. The highest BCUT2D eigenvalue weighted by atomic mass is 16.2. The smallest absolute Gasteiger partial charge is 0.325 e. The van der Waals surface area contributed by atoms with Crippen LogP contribution in [0.1, 0.15) is 31.5 Å². The molecule has 1 spiro atoms. The molecule has 1 N–H and O–H groups in total. The summed E-state index contributed by atoms with van der Waals surface area (Å²) in [5, 5.41) is 2.88. The molecule has 0 aromatic carbocycles. The second kappa shape index (κ2) is 4.93. The van der Waals surface area contributed by atoms with E-state index in [1.807, 2.05) is 32.6 Å². The summed E-state index contributed by atoms with van der Waals surface area (Å²) in [5.74, 6) is 0.476. The lowest BCUT2D eigenvalue weighted by Gasteiger charge is -2.23. The van der Waals surface area contributed by atoms with Crippen molar-refractivity contribution in [1.82, 2.24) is 20.2 Å². The van der Waals surface area contributed by atoms with Gasteiger partial charge in [-0.1, -0.05) is 0 Å². The molecule has 3 rings (SSSR count). The second-order valence-electron chi connectivity index (χ2n) is 6.39. The third-order valence-corrected chi connectivity index (χ3v) is 4.47. The normalized spacial score (nSPS) is 24.8. The van der Waals surface area contributed by atoms with E-state index in [1.165, 1.54) is 4.90 Å². The van der Waals surface area contributed by atoms with Gasteiger partial charge < -0.3 is 10.2 Å². The van der Waals surface area contributed by atoms with Gasteiger partial charge in [-0.05, 0) is 39.7 Å². The Morgan fingerprint density at radius 3 is 2.64 bits per heavy atom. The maximum Gasteiger partial charge on any atom is 0.325 e. The Balaban J connectivity index is 1.84. The molecule has 1 atom stereocenters. The fraction of sp³-hybridized carbons (Fsp3) is 0.600. The van der Waals surface area contributed by atoms with Crippen molar-refractivity contribution in [3.8, 4) is 0 Å². The zero-order chi connectivity index (χ0) is 16.1. The molecule has 2 aliphatic rings. The first-order chi connectivity index (χ1) is 10.3. The number of nitrogens with one attached hydrogen (secondary N) is 1. The number of carbonyl (C=O) groups excluding carboxylic acids is 2. The molecular weight excluding hydrogens is 282 g/mol. The molecule has 0 saturated carbocycles. The summed E-state index contributed by atoms with van der Waals surface area (Å²) in [5.41, 5.74) is 1.13. The first-order valence-corrected chi connectivity index (χ1v) is 7.55. The first kappa shape index (κ1) is 14.7. The summed E-state index contributed by atoms with van der Waals surface area (Å²) < 4.78 is 0. The highest BCUT2D eigenvalue weighted by molar-refractivity contribution is 6.08. The molecule has 2 fully saturated rings. The Kier molecular flexibility index (Phi) is 3.30. The molecule has 1 aromatic rings. The van der Waals surface area contributed by atoms with Gasteiger partial charge >= 0.3 is 6.03 Å². The van der Waals surface area contributed by atoms with E-state index in [2.05, 4.69) is 15.3 Å². The third-order valence-electron chi connectivity index (χ3n) is 4.47. The van der Waals surface area contributed by atoms with Crippen molar-refractivity contribution < 1.29 is 9.59 Å². The highest BCUT2D eigenvalue weighted by Gasteiger charge is 2.55. The van der Waals surface area contributed by atoms with E-state index in [0.717, 1.165) is 11.3 Å². The standard InChI is InChI=1S/C15H21N5O2/c1-9(2)20-12(21)15(18-14(20)22)5-6-19(8-15)13-16-7-10(3)11(4)17-13/h7,9H,5-6,8H2,1-4H3,(H,18,22). The van der Waals surface area contributed by atoms with Crippen LogP contribution in [0.25, 0.3) is 0 Å². The number of aryl methyl sites for hydroxylation is 2. The summed E-state index contributed by atoms with van der Waals surface area (Å²) in [7, 11) is 0. The average molecular weight is 303 g/mol. The van der Waals surface area contributed by atoms with Crippen molar-refractivity contribution in [3.63, 3.8) is 0 Å². The number of nitrogens with zero attached hydrogens (tertiary/aromatic N) is 4. The molecule has 3 heterocycles. The van der Waals surface area contributed by atoms with Crippen LogP contribution in [0.5, 0.6) is 0 Å². The number of imide groups is 1. The van der Waals surface area contributed by atoms with Gasteiger partial charge in [0.1, 0.15) is 5.54 Å². The number of carbonyl (C=O) groups is 2. The molecule has 7 nitrogen and oxygen atoms in total. The molecule has 0 radical (unpaired) electrons. The van der Waals surface area contributed by atoms with Crippen LogP contribution in [0, 0.1) is 13.8 Å². The number of aromatic nitrogens is 2. The van der Waals surface area contributed by atoms with E-state index >= 15 is 0 Å². The van der Waals surface area contributed by atoms with Crippen molar-refractivity contribution in [3.05, 3.63) is 17.5 Å². The SMILES string of the molecule is Cc1cnc(N2CCC3(C2)NC(=O)N(C(C)C)C3=O)nc1C. The largest absolute Gasteiger partial charge is 0.338 e. The summed E-state index contributed by atoms with van der Waals surface area (Å²) in [6.07, 6.45) is 2.37. The van der Waals surface area contributed by atoms with Crippen molar-refractivity contribution in [2.24, 2.45) is 0 Å². The summed E-state index contributed by atoms with van der Waals surface area (Å²) in [4.78, 5) is 36.8. The number of amides is 3. The predicted octanol–water partition coefficient (Wildman–Crippen LogP) is 1.00. The molecule has 0 bridgehead atoms. The molecule has 3 amide bonds. The van der Waals surface area contributed by atoms with Gasteiger partial charge in [0.25, 0.3) is 5.91 Å². The minimum atomic E-state index is -0.830. The van der Waals surface area contributed by atoms with Crippen LogP contribution in [-0.4, -0.2) is 51.5 Å². The van der Waals surface area contributed by atoms with Gasteiger partial charge in [0, 0.05) is 24.5 Å². The number of anilines is 1. The third kappa shape index (κ3) is 2.12. The Morgan fingerprint density at radius 1 is 1.32 bits per heavy atom. The van der Waals surface area contributed by atoms with Crippen molar-refractivity contribution >= 4 is 17.9 Å². The molecule has 118 valence electrons. The van der Waals surface area contributed by atoms with E-state index in [1.54, 1.807) is 6.20 Å². The van der Waals surface area contributed by atoms with E-state index in [0.29, 0.717) is 25.5 Å². The van der Waals surface area contributed by atoms with Crippen LogP contribution in [0.2, 0.25) is 0 Å². The predicted molar refractivity (Wildman–Crippen MR) is 81.6 cm³/mol. The van der Waals surface area contributed by atoms with Crippen molar-refractivity contribution in [2.45, 2.75) is 45.7 Å². The number of rotatable bonds is 2. The van der Waals surface area contributed by atoms with E-state index in [4.69, 9.17) is 0 Å². The van der Waals surface area contributed by atoms with Gasteiger partial charge in [-0.3, -0.25) is 9.69 Å². The average Bonchev–Trinajstić information content (AvgIpc) is 2.96. The summed E-state index contributed by atoms with van der Waals surface area (Å²) >= 11 is 0. The van der Waals surface area contributed by atoms with Gasteiger partial charge in [-0.15, -0.1) is 0 Å². The van der Waals surface area contributed by atoms with Crippen LogP contribution in [0.15, 0.2) is 6.20 Å². The fourth-order valence-corrected chi connectivity index (χ4v) is 3.03. The zero-order valence-electron chi connectivity index (χ0n) is 13.4. The van der Waals surface area contributed by atoms with Crippen LogP contribution >= 0.6 is 0 Å². The molecule has 1 aromatic heterocycles. The Bertz CT molecular complexity index is 645. The zero-order valence-corrected chi connectivity index (χ0v) is 13.4. The van der Waals surface area contributed by atoms with Gasteiger partial charge in [-0.25, -0.2) is 14.8 Å². The topological polar surface area (TPSA) is 78.4 Å². The molecule has 7 heteroatoms. The lowest BCUT2D eigenvalue weighted by Crippen LogP contribution is -2.49. The van der Waals surface area contributed by atoms with E-state index in [9.17, 15) is 9.59 Å². The van der Waals surface area contributed by atoms with Gasteiger partial charge in [0.05, 0.1) is 6.54 Å². The van der Waals surface area contributed by atoms with Gasteiger partial charge in [0.2, 0.25) is 5.95 Å². The number of hydrogen-bond donors (Lipinski definition) is 1. The maximum atomic E-state index is 12.7. The maximum absolute atomic E-state index is 12.7.